The van der Waals surface area contributed by atoms with Gasteiger partial charge in [0.15, 0.2) is 0 Å². The molecule has 98 valence electrons. The minimum atomic E-state index is 0.556. The minimum Gasteiger partial charge on any atom is -0.384 e. The lowest BCUT2D eigenvalue weighted by molar-refractivity contribution is 0.515. The summed E-state index contributed by atoms with van der Waals surface area (Å²) in [4.78, 5) is 8.89. The Morgan fingerprint density at radius 3 is 2.72 bits per heavy atom. The lowest BCUT2D eigenvalue weighted by Crippen LogP contribution is -2.20. The van der Waals surface area contributed by atoms with E-state index in [1.807, 2.05) is 6.07 Å². The fraction of sp³-hybridized carbons (Fsp3) is 0.692. The summed E-state index contributed by atoms with van der Waals surface area (Å²) in [5.74, 6) is 6.36. The van der Waals surface area contributed by atoms with Crippen molar-refractivity contribution in [1.29, 1.82) is 0 Å². The molecule has 18 heavy (non-hydrogen) atoms. The summed E-state index contributed by atoms with van der Waals surface area (Å²) in [6.07, 6.45) is 5.05. The van der Waals surface area contributed by atoms with Gasteiger partial charge in [0.2, 0.25) is 0 Å². The number of anilines is 2. The Balaban J connectivity index is 1.60. The second-order valence-electron chi connectivity index (χ2n) is 5.25. The third-order valence-electron chi connectivity index (χ3n) is 3.62. The first-order valence-corrected chi connectivity index (χ1v) is 7.93. The van der Waals surface area contributed by atoms with Gasteiger partial charge in [-0.1, -0.05) is 0 Å². The molecule has 3 rings (SSSR count). The molecule has 0 bridgehead atoms. The Morgan fingerprint density at radius 1 is 1.22 bits per heavy atom. The number of thioether (sulfide) groups is 1. The maximum atomic E-state index is 5.84. The molecule has 0 unspecified atom stereocenters. The zero-order chi connectivity index (χ0) is 12.4. The van der Waals surface area contributed by atoms with E-state index >= 15 is 0 Å². The van der Waals surface area contributed by atoms with E-state index in [9.17, 15) is 0 Å². The van der Waals surface area contributed by atoms with Gasteiger partial charge in [-0.05, 0) is 43.1 Å². The molecule has 1 saturated carbocycles. The van der Waals surface area contributed by atoms with E-state index in [1.54, 1.807) is 0 Å². The third-order valence-corrected chi connectivity index (χ3v) is 4.67. The first kappa shape index (κ1) is 12.1. The number of nitrogens with two attached hydrogens (primary N) is 1. The molecular formula is C13H20N4S. The van der Waals surface area contributed by atoms with Crippen LogP contribution in [0.25, 0.3) is 0 Å². The molecule has 1 aliphatic heterocycles. The molecule has 0 radical (unpaired) electrons. The van der Waals surface area contributed by atoms with Crippen LogP contribution in [-0.4, -0.2) is 28.0 Å². The zero-order valence-corrected chi connectivity index (χ0v) is 11.4. The second-order valence-corrected chi connectivity index (χ2v) is 6.47. The molecule has 5 heteroatoms. The van der Waals surface area contributed by atoms with E-state index in [4.69, 9.17) is 5.73 Å². The van der Waals surface area contributed by atoms with Crippen molar-refractivity contribution in [1.82, 2.24) is 9.97 Å². The van der Waals surface area contributed by atoms with Crippen LogP contribution in [-0.2, 0) is 0 Å². The maximum absolute atomic E-state index is 5.84. The van der Waals surface area contributed by atoms with Gasteiger partial charge in [-0.25, -0.2) is 9.97 Å². The monoisotopic (exact) mass is 264 g/mol. The van der Waals surface area contributed by atoms with Crippen LogP contribution in [0.4, 0.5) is 11.6 Å². The number of nitrogens with one attached hydrogen (secondary N) is 1. The Hall–Kier alpha value is -0.970. The van der Waals surface area contributed by atoms with Gasteiger partial charge >= 0.3 is 0 Å². The predicted molar refractivity (Wildman–Crippen MR) is 77.0 cm³/mol. The Labute approximate surface area is 112 Å². The van der Waals surface area contributed by atoms with Crippen LogP contribution in [0, 0.1) is 5.92 Å². The number of nitrogens with zero attached hydrogens (tertiary/aromatic N) is 2. The predicted octanol–water partition coefficient (Wildman–Crippen LogP) is 2.49. The fourth-order valence-electron chi connectivity index (χ4n) is 2.30. The first-order valence-electron chi connectivity index (χ1n) is 6.77. The number of aromatic nitrogens is 2. The fourth-order valence-corrected chi connectivity index (χ4v) is 3.50. The van der Waals surface area contributed by atoms with Gasteiger partial charge < -0.3 is 11.1 Å². The van der Waals surface area contributed by atoms with Crippen LogP contribution in [0.1, 0.15) is 37.4 Å². The van der Waals surface area contributed by atoms with Gasteiger partial charge in [-0.2, -0.15) is 11.8 Å². The van der Waals surface area contributed by atoms with E-state index in [-0.39, 0.29) is 0 Å². The molecule has 4 nitrogen and oxygen atoms in total. The molecule has 2 fully saturated rings. The number of hydrogen-bond acceptors (Lipinski definition) is 5. The van der Waals surface area contributed by atoms with E-state index in [0.717, 1.165) is 24.1 Å². The first-order chi connectivity index (χ1) is 8.81. The van der Waals surface area contributed by atoms with Crippen LogP contribution in [0.3, 0.4) is 0 Å². The molecule has 1 aliphatic carbocycles. The Morgan fingerprint density at radius 2 is 2.00 bits per heavy atom. The highest BCUT2D eigenvalue weighted by molar-refractivity contribution is 7.99. The maximum Gasteiger partial charge on any atom is 0.136 e. The quantitative estimate of drug-likeness (QED) is 0.874. The minimum absolute atomic E-state index is 0.556. The van der Waals surface area contributed by atoms with Gasteiger partial charge in [0.25, 0.3) is 0 Å². The zero-order valence-electron chi connectivity index (χ0n) is 10.6. The van der Waals surface area contributed by atoms with Crippen molar-refractivity contribution in [3.8, 4) is 0 Å². The molecule has 2 heterocycles. The molecule has 0 spiro atoms. The topological polar surface area (TPSA) is 63.8 Å². The van der Waals surface area contributed by atoms with Crippen molar-refractivity contribution in [3.05, 3.63) is 11.9 Å². The van der Waals surface area contributed by atoms with Crippen molar-refractivity contribution in [2.75, 3.05) is 29.1 Å². The molecule has 1 aromatic heterocycles. The molecule has 0 atom stereocenters. The van der Waals surface area contributed by atoms with E-state index < -0.39 is 0 Å². The van der Waals surface area contributed by atoms with Crippen molar-refractivity contribution in [3.63, 3.8) is 0 Å². The van der Waals surface area contributed by atoms with Crippen LogP contribution in [0.2, 0.25) is 0 Å². The lowest BCUT2D eigenvalue weighted by Gasteiger charge is -2.21. The van der Waals surface area contributed by atoms with Gasteiger partial charge in [-0.15, -0.1) is 0 Å². The standard InChI is InChI=1S/C13H20N4S/c14-11-7-12(17-13(16-11)10-1-2-10)15-8-9-3-5-18-6-4-9/h7,9-10H,1-6,8H2,(H3,14,15,16,17). The summed E-state index contributed by atoms with van der Waals surface area (Å²) in [5.41, 5.74) is 5.84. The third kappa shape index (κ3) is 3.07. The molecule has 0 aromatic carbocycles. The highest BCUT2D eigenvalue weighted by atomic mass is 32.2. The highest BCUT2D eigenvalue weighted by Crippen LogP contribution is 2.38. The molecule has 1 saturated heterocycles. The van der Waals surface area contributed by atoms with E-state index in [0.29, 0.717) is 11.7 Å². The van der Waals surface area contributed by atoms with Crippen LogP contribution in [0.15, 0.2) is 6.07 Å². The number of hydrogen-bond donors (Lipinski definition) is 2. The van der Waals surface area contributed by atoms with Gasteiger partial charge in [0, 0.05) is 18.5 Å². The Bertz CT molecular complexity index is 413. The normalized spacial score (nSPS) is 20.9. The number of nitrogen functional groups attached to an aromatic ring is 1. The Kier molecular flexibility index (Phi) is 3.59. The number of rotatable bonds is 4. The summed E-state index contributed by atoms with van der Waals surface area (Å²) in [6, 6.07) is 1.85. The second kappa shape index (κ2) is 5.34. The van der Waals surface area contributed by atoms with Crippen molar-refractivity contribution < 1.29 is 0 Å². The SMILES string of the molecule is Nc1cc(NCC2CCSCC2)nc(C2CC2)n1. The van der Waals surface area contributed by atoms with Crippen LogP contribution in [0.5, 0.6) is 0 Å². The van der Waals surface area contributed by atoms with E-state index in [1.165, 1.54) is 37.2 Å². The van der Waals surface area contributed by atoms with Gasteiger partial charge in [0.05, 0.1) is 0 Å². The molecular weight excluding hydrogens is 244 g/mol. The molecule has 3 N–H and O–H groups in total. The summed E-state index contributed by atoms with van der Waals surface area (Å²) in [7, 11) is 0. The summed E-state index contributed by atoms with van der Waals surface area (Å²) < 4.78 is 0. The van der Waals surface area contributed by atoms with Crippen LogP contribution < -0.4 is 11.1 Å². The summed E-state index contributed by atoms with van der Waals surface area (Å²) in [5, 5.41) is 3.44. The smallest absolute Gasteiger partial charge is 0.136 e. The summed E-state index contributed by atoms with van der Waals surface area (Å²) >= 11 is 2.06. The lowest BCUT2D eigenvalue weighted by atomic mass is 10.0. The summed E-state index contributed by atoms with van der Waals surface area (Å²) in [6.45, 7) is 1.02. The largest absolute Gasteiger partial charge is 0.384 e. The van der Waals surface area contributed by atoms with Crippen molar-refractivity contribution >= 4 is 23.4 Å². The van der Waals surface area contributed by atoms with Crippen molar-refractivity contribution in [2.24, 2.45) is 5.92 Å². The highest BCUT2D eigenvalue weighted by Gasteiger charge is 2.27. The molecule has 0 amide bonds. The van der Waals surface area contributed by atoms with Crippen molar-refractivity contribution in [2.45, 2.75) is 31.6 Å². The van der Waals surface area contributed by atoms with E-state index in [2.05, 4.69) is 27.0 Å². The van der Waals surface area contributed by atoms with Gasteiger partial charge in [-0.3, -0.25) is 0 Å². The molecule has 2 aliphatic rings. The van der Waals surface area contributed by atoms with Gasteiger partial charge in [0.1, 0.15) is 17.5 Å². The average molecular weight is 264 g/mol. The molecule has 1 aromatic rings. The average Bonchev–Trinajstić information content (AvgIpc) is 3.21. The van der Waals surface area contributed by atoms with Crippen LogP contribution >= 0.6 is 11.8 Å².